The first-order valence-corrected chi connectivity index (χ1v) is 10.1. The zero-order valence-corrected chi connectivity index (χ0v) is 16.4. The summed E-state index contributed by atoms with van der Waals surface area (Å²) in [7, 11) is 1.69. The predicted molar refractivity (Wildman–Crippen MR) is 103 cm³/mol. The van der Waals surface area contributed by atoms with Crippen molar-refractivity contribution in [3.8, 4) is 5.75 Å². The molecule has 2 aromatic heterocycles. The third kappa shape index (κ3) is 2.77. The van der Waals surface area contributed by atoms with Crippen molar-refractivity contribution in [3.05, 3.63) is 46.3 Å². The second-order valence-electron chi connectivity index (χ2n) is 7.01. The maximum absolute atomic E-state index is 13.3. The van der Waals surface area contributed by atoms with Crippen LogP contribution in [0.15, 0.2) is 23.5 Å². The van der Waals surface area contributed by atoms with Crippen LogP contribution in [0.2, 0.25) is 0 Å². The molecule has 136 valence electrons. The van der Waals surface area contributed by atoms with Crippen LogP contribution in [0.5, 0.6) is 5.75 Å². The number of hydrogen-bond donors (Lipinski definition) is 1. The Morgan fingerprint density at radius 2 is 1.96 bits per heavy atom. The van der Waals surface area contributed by atoms with E-state index in [0.29, 0.717) is 5.16 Å². The molecule has 0 fully saturated rings. The molecule has 0 saturated heterocycles. The van der Waals surface area contributed by atoms with Crippen molar-refractivity contribution in [1.29, 1.82) is 0 Å². The number of fused-ring (bicyclic) bond motifs is 2. The molecule has 5 nitrogen and oxygen atoms in total. The number of rotatable bonds is 3. The normalized spacial score (nSPS) is 18.0. The molecule has 1 N–H and O–H groups in total. The van der Waals surface area contributed by atoms with E-state index in [1.807, 2.05) is 19.2 Å². The lowest BCUT2D eigenvalue weighted by Gasteiger charge is -2.26. The lowest BCUT2D eigenvalue weighted by atomic mass is 9.93. The number of hydrogen-bond acceptors (Lipinski definition) is 4. The Morgan fingerprint density at radius 1 is 1.19 bits per heavy atom. The molecule has 2 unspecified atom stereocenters. The van der Waals surface area contributed by atoms with Crippen LogP contribution < -0.4 is 4.74 Å². The SMILES string of the molecule is COc1c(C)cnc2c1CCCC2[S+]([O-])c1nc2cc(C)c(C)cc2[nH]1. The Hall–Kier alpha value is -2.05. The number of benzene rings is 1. The van der Waals surface area contributed by atoms with E-state index in [0.717, 1.165) is 52.9 Å². The molecule has 0 amide bonds. The molecule has 0 radical (unpaired) electrons. The van der Waals surface area contributed by atoms with Crippen LogP contribution in [-0.2, 0) is 17.6 Å². The van der Waals surface area contributed by atoms with Gasteiger partial charge in [0.15, 0.2) is 5.25 Å². The number of ether oxygens (including phenoxy) is 1. The van der Waals surface area contributed by atoms with Crippen molar-refractivity contribution < 1.29 is 9.29 Å². The fourth-order valence-electron chi connectivity index (χ4n) is 3.75. The summed E-state index contributed by atoms with van der Waals surface area (Å²) in [5.41, 5.74) is 7.19. The van der Waals surface area contributed by atoms with E-state index in [4.69, 9.17) is 4.74 Å². The van der Waals surface area contributed by atoms with Gasteiger partial charge in [-0.15, -0.1) is 0 Å². The molecule has 6 heteroatoms. The van der Waals surface area contributed by atoms with Gasteiger partial charge in [0.1, 0.15) is 5.75 Å². The maximum Gasteiger partial charge on any atom is 0.322 e. The summed E-state index contributed by atoms with van der Waals surface area (Å²) < 4.78 is 18.9. The first kappa shape index (κ1) is 17.4. The Morgan fingerprint density at radius 3 is 2.73 bits per heavy atom. The fourth-order valence-corrected chi connectivity index (χ4v) is 5.20. The van der Waals surface area contributed by atoms with Crippen LogP contribution >= 0.6 is 0 Å². The summed E-state index contributed by atoms with van der Waals surface area (Å²) in [5.74, 6) is 0.882. The van der Waals surface area contributed by atoms with Gasteiger partial charge in [-0.2, -0.15) is 4.98 Å². The van der Waals surface area contributed by atoms with E-state index in [2.05, 4.69) is 34.9 Å². The molecular formula is C20H23N3O2S. The van der Waals surface area contributed by atoms with Crippen molar-refractivity contribution in [2.45, 2.75) is 50.4 Å². The number of imidazole rings is 1. The second-order valence-corrected chi connectivity index (χ2v) is 8.56. The van der Waals surface area contributed by atoms with Crippen molar-refractivity contribution in [1.82, 2.24) is 15.0 Å². The number of methoxy groups -OCH3 is 1. The lowest BCUT2D eigenvalue weighted by Crippen LogP contribution is -2.22. The van der Waals surface area contributed by atoms with Gasteiger partial charge < -0.3 is 9.29 Å². The van der Waals surface area contributed by atoms with E-state index < -0.39 is 11.2 Å². The third-order valence-corrected chi connectivity index (χ3v) is 6.82. The number of pyridine rings is 1. The first-order chi connectivity index (χ1) is 12.5. The van der Waals surface area contributed by atoms with Crippen molar-refractivity contribution >= 4 is 22.2 Å². The summed E-state index contributed by atoms with van der Waals surface area (Å²) >= 11 is -1.28. The number of aromatic nitrogens is 3. The van der Waals surface area contributed by atoms with Gasteiger partial charge in [-0.25, -0.2) is 0 Å². The molecule has 1 aliphatic rings. The third-order valence-electron chi connectivity index (χ3n) is 5.27. The van der Waals surface area contributed by atoms with E-state index in [-0.39, 0.29) is 5.25 Å². The summed E-state index contributed by atoms with van der Waals surface area (Å²) in [5, 5.41) is 0.375. The highest BCUT2D eigenvalue weighted by Crippen LogP contribution is 2.41. The van der Waals surface area contributed by atoms with Crippen molar-refractivity contribution in [3.63, 3.8) is 0 Å². The maximum atomic E-state index is 13.3. The zero-order chi connectivity index (χ0) is 18.4. The Kier molecular flexibility index (Phi) is 4.40. The molecule has 0 spiro atoms. The standard InChI is InChI=1S/C20H23N3O2S/c1-11-8-15-16(9-12(11)2)23-20(22-15)26(24)17-7-5-6-14-18(17)21-10-13(3)19(14)25-4/h8-10,17H,5-7H2,1-4H3,(H,22,23). The van der Waals surface area contributed by atoms with Gasteiger partial charge in [0, 0.05) is 34.9 Å². The van der Waals surface area contributed by atoms with Crippen molar-refractivity contribution in [2.24, 2.45) is 0 Å². The molecular weight excluding hydrogens is 346 g/mol. The van der Waals surface area contributed by atoms with E-state index >= 15 is 0 Å². The summed E-state index contributed by atoms with van der Waals surface area (Å²) in [6.07, 6.45) is 4.55. The van der Waals surface area contributed by atoms with E-state index in [1.54, 1.807) is 7.11 Å². The number of nitrogens with zero attached hydrogens (tertiary/aromatic N) is 2. The van der Waals surface area contributed by atoms with Crippen LogP contribution in [-0.4, -0.2) is 26.6 Å². The molecule has 2 atom stereocenters. The van der Waals surface area contributed by atoms with Crippen LogP contribution in [0, 0.1) is 20.8 Å². The molecule has 3 aromatic rings. The van der Waals surface area contributed by atoms with E-state index in [9.17, 15) is 4.55 Å². The van der Waals surface area contributed by atoms with Crippen LogP contribution in [0.1, 0.15) is 46.0 Å². The largest absolute Gasteiger partial charge is 0.608 e. The summed E-state index contributed by atoms with van der Waals surface area (Å²) in [6, 6.07) is 4.11. The highest BCUT2D eigenvalue weighted by atomic mass is 32.2. The molecule has 1 aromatic carbocycles. The monoisotopic (exact) mass is 369 g/mol. The quantitative estimate of drug-likeness (QED) is 0.706. The second kappa shape index (κ2) is 6.59. The van der Waals surface area contributed by atoms with Crippen LogP contribution in [0.4, 0.5) is 0 Å². The minimum absolute atomic E-state index is 0.156. The minimum atomic E-state index is -1.28. The Bertz CT molecular complexity index is 944. The van der Waals surface area contributed by atoms with Crippen LogP contribution in [0.25, 0.3) is 11.0 Å². The number of aryl methyl sites for hydroxylation is 3. The fraction of sp³-hybridized carbons (Fsp3) is 0.400. The molecule has 1 aliphatic carbocycles. The first-order valence-electron chi connectivity index (χ1n) is 8.89. The number of aromatic amines is 1. The minimum Gasteiger partial charge on any atom is -0.608 e. The number of nitrogens with one attached hydrogen (secondary N) is 1. The molecule has 0 saturated carbocycles. The smallest absolute Gasteiger partial charge is 0.322 e. The van der Waals surface area contributed by atoms with Crippen molar-refractivity contribution in [2.75, 3.05) is 7.11 Å². The van der Waals surface area contributed by atoms with Gasteiger partial charge in [-0.3, -0.25) is 9.97 Å². The zero-order valence-electron chi connectivity index (χ0n) is 15.5. The predicted octanol–water partition coefficient (Wildman–Crippen LogP) is 4.08. The average molecular weight is 369 g/mol. The Labute approximate surface area is 156 Å². The highest BCUT2D eigenvalue weighted by molar-refractivity contribution is 7.91. The van der Waals surface area contributed by atoms with Gasteiger partial charge in [0.25, 0.3) is 0 Å². The summed E-state index contributed by atoms with van der Waals surface area (Å²) in [6.45, 7) is 6.13. The van der Waals surface area contributed by atoms with Gasteiger partial charge in [-0.1, -0.05) is 0 Å². The summed E-state index contributed by atoms with van der Waals surface area (Å²) in [4.78, 5) is 12.5. The number of H-pyrrole nitrogens is 1. The lowest BCUT2D eigenvalue weighted by molar-refractivity contribution is 0.400. The highest BCUT2D eigenvalue weighted by Gasteiger charge is 2.36. The van der Waals surface area contributed by atoms with Gasteiger partial charge in [-0.05, 0) is 56.9 Å². The molecule has 0 bridgehead atoms. The van der Waals surface area contributed by atoms with E-state index in [1.165, 1.54) is 11.1 Å². The van der Waals surface area contributed by atoms with Gasteiger partial charge in [0.2, 0.25) is 0 Å². The Balaban J connectivity index is 1.75. The molecule has 4 rings (SSSR count). The average Bonchev–Trinajstić information content (AvgIpc) is 3.03. The molecule has 26 heavy (non-hydrogen) atoms. The molecule has 0 aliphatic heterocycles. The van der Waals surface area contributed by atoms with Crippen LogP contribution in [0.3, 0.4) is 0 Å². The molecule has 2 heterocycles. The van der Waals surface area contributed by atoms with Gasteiger partial charge >= 0.3 is 5.16 Å². The topological polar surface area (TPSA) is 73.9 Å². The van der Waals surface area contributed by atoms with Gasteiger partial charge in [0.05, 0.1) is 23.8 Å².